The van der Waals surface area contributed by atoms with Crippen LogP contribution >= 0.6 is 0 Å². The highest BCUT2D eigenvalue weighted by Crippen LogP contribution is 2.18. The summed E-state index contributed by atoms with van der Waals surface area (Å²) in [4.78, 5) is 36.9. The molecule has 1 saturated heterocycles. The largest absolute Gasteiger partial charge is 0.459 e. The highest BCUT2D eigenvalue weighted by molar-refractivity contribution is 5.92. The first-order valence-corrected chi connectivity index (χ1v) is 9.39. The third-order valence-electron chi connectivity index (χ3n) is 4.78. The number of hydrogen-bond acceptors (Lipinski definition) is 5. The van der Waals surface area contributed by atoms with Crippen LogP contribution in [0.5, 0.6) is 0 Å². The Bertz CT molecular complexity index is 993. The van der Waals surface area contributed by atoms with Crippen LogP contribution in [-0.2, 0) is 0 Å². The van der Waals surface area contributed by atoms with Crippen molar-refractivity contribution in [3.8, 4) is 11.4 Å². The molecule has 1 fully saturated rings. The van der Waals surface area contributed by atoms with E-state index in [4.69, 9.17) is 4.42 Å². The Morgan fingerprint density at radius 1 is 1.00 bits per heavy atom. The van der Waals surface area contributed by atoms with Crippen molar-refractivity contribution in [2.45, 2.75) is 6.92 Å². The first kappa shape index (κ1) is 18.7. The number of amides is 3. The van der Waals surface area contributed by atoms with E-state index >= 15 is 0 Å². The lowest BCUT2D eigenvalue weighted by Crippen LogP contribution is -2.51. The van der Waals surface area contributed by atoms with Gasteiger partial charge in [-0.3, -0.25) is 4.79 Å². The van der Waals surface area contributed by atoms with Crippen molar-refractivity contribution in [1.29, 1.82) is 0 Å². The summed E-state index contributed by atoms with van der Waals surface area (Å²) in [5.41, 5.74) is 2.48. The highest BCUT2D eigenvalue weighted by Gasteiger charge is 2.26. The first-order chi connectivity index (χ1) is 14.1. The van der Waals surface area contributed by atoms with E-state index in [-0.39, 0.29) is 11.9 Å². The number of furan rings is 1. The van der Waals surface area contributed by atoms with Gasteiger partial charge in [0.25, 0.3) is 5.91 Å². The van der Waals surface area contributed by atoms with Crippen LogP contribution in [0.2, 0.25) is 0 Å². The molecule has 1 aliphatic rings. The average Bonchev–Trinajstić information content (AvgIpc) is 3.29. The molecule has 1 aromatic carbocycles. The maximum absolute atomic E-state index is 12.5. The summed E-state index contributed by atoms with van der Waals surface area (Å²) in [7, 11) is 0. The highest BCUT2D eigenvalue weighted by atomic mass is 16.3. The van der Waals surface area contributed by atoms with Crippen LogP contribution in [-0.4, -0.2) is 57.9 Å². The maximum atomic E-state index is 12.5. The molecule has 148 valence electrons. The number of nitrogens with one attached hydrogen (secondary N) is 1. The lowest BCUT2D eigenvalue weighted by molar-refractivity contribution is 0.0640. The fourth-order valence-corrected chi connectivity index (χ4v) is 3.16. The molecule has 4 rings (SSSR count). The Morgan fingerprint density at radius 3 is 2.38 bits per heavy atom. The van der Waals surface area contributed by atoms with Gasteiger partial charge >= 0.3 is 6.03 Å². The molecule has 8 heteroatoms. The lowest BCUT2D eigenvalue weighted by atomic mass is 10.2. The van der Waals surface area contributed by atoms with E-state index in [9.17, 15) is 9.59 Å². The summed E-state index contributed by atoms with van der Waals surface area (Å²) < 4.78 is 5.16. The smallest absolute Gasteiger partial charge is 0.321 e. The molecule has 8 nitrogen and oxygen atoms in total. The molecule has 29 heavy (non-hydrogen) atoms. The Kier molecular flexibility index (Phi) is 5.24. The molecule has 1 N–H and O–H groups in total. The molecule has 3 amide bonds. The summed E-state index contributed by atoms with van der Waals surface area (Å²) >= 11 is 0. The van der Waals surface area contributed by atoms with Gasteiger partial charge in [0.1, 0.15) is 0 Å². The molecular weight excluding hydrogens is 370 g/mol. The standard InChI is InChI=1S/C21H21N5O3/c1-15-8-9-22-19(23-15)16-4-6-17(7-5-16)24-21(28)26-12-10-25(11-13-26)20(27)18-3-2-14-29-18/h2-9,14H,10-13H2,1H3,(H,24,28). The van der Waals surface area contributed by atoms with Gasteiger partial charge in [0, 0.05) is 49.3 Å². The number of piperazine rings is 1. The van der Waals surface area contributed by atoms with Crippen LogP contribution in [0.1, 0.15) is 16.2 Å². The molecular formula is C21H21N5O3. The molecule has 0 unspecified atom stereocenters. The Labute approximate surface area is 168 Å². The van der Waals surface area contributed by atoms with E-state index in [1.807, 2.05) is 37.3 Å². The third-order valence-corrected chi connectivity index (χ3v) is 4.78. The fraction of sp³-hybridized carbons (Fsp3) is 0.238. The van der Waals surface area contributed by atoms with Crippen LogP contribution < -0.4 is 5.32 Å². The van der Waals surface area contributed by atoms with Crippen molar-refractivity contribution in [3.05, 3.63) is 66.4 Å². The number of rotatable bonds is 3. The minimum absolute atomic E-state index is 0.149. The molecule has 0 atom stereocenters. The van der Waals surface area contributed by atoms with E-state index < -0.39 is 0 Å². The first-order valence-electron chi connectivity index (χ1n) is 9.39. The number of hydrogen-bond donors (Lipinski definition) is 1. The second-order valence-corrected chi connectivity index (χ2v) is 6.79. The van der Waals surface area contributed by atoms with Crippen molar-refractivity contribution in [3.63, 3.8) is 0 Å². The number of carbonyl (C=O) groups is 2. The molecule has 3 heterocycles. The summed E-state index contributed by atoms with van der Waals surface area (Å²) in [6.07, 6.45) is 3.21. The van der Waals surface area contributed by atoms with Gasteiger partial charge in [0.05, 0.1) is 6.26 Å². The van der Waals surface area contributed by atoms with E-state index in [1.54, 1.807) is 28.1 Å². The Balaban J connectivity index is 1.32. The van der Waals surface area contributed by atoms with E-state index in [2.05, 4.69) is 15.3 Å². The van der Waals surface area contributed by atoms with Gasteiger partial charge in [0.15, 0.2) is 11.6 Å². The predicted octanol–water partition coefficient (Wildman–Crippen LogP) is 3.03. The van der Waals surface area contributed by atoms with Gasteiger partial charge in [-0.25, -0.2) is 14.8 Å². The zero-order valence-electron chi connectivity index (χ0n) is 16.0. The topological polar surface area (TPSA) is 91.6 Å². The summed E-state index contributed by atoms with van der Waals surface area (Å²) in [6, 6.07) is 12.4. The van der Waals surface area contributed by atoms with Gasteiger partial charge in [-0.05, 0) is 49.4 Å². The second-order valence-electron chi connectivity index (χ2n) is 6.79. The number of aromatic nitrogens is 2. The van der Waals surface area contributed by atoms with Gasteiger partial charge in [-0.2, -0.15) is 0 Å². The van der Waals surface area contributed by atoms with Crippen molar-refractivity contribution in [1.82, 2.24) is 19.8 Å². The van der Waals surface area contributed by atoms with Crippen LogP contribution in [0.25, 0.3) is 11.4 Å². The quantitative estimate of drug-likeness (QED) is 0.741. The normalized spacial score (nSPS) is 14.0. The van der Waals surface area contributed by atoms with Crippen molar-refractivity contribution < 1.29 is 14.0 Å². The number of nitrogens with zero attached hydrogens (tertiary/aromatic N) is 4. The monoisotopic (exact) mass is 391 g/mol. The van der Waals surface area contributed by atoms with Crippen LogP contribution in [0.15, 0.2) is 59.3 Å². The SMILES string of the molecule is Cc1ccnc(-c2ccc(NC(=O)N3CCN(C(=O)c4ccco4)CC3)cc2)n1. The van der Waals surface area contributed by atoms with Crippen LogP contribution in [0.3, 0.4) is 0 Å². The fourth-order valence-electron chi connectivity index (χ4n) is 3.16. The lowest BCUT2D eigenvalue weighted by Gasteiger charge is -2.34. The van der Waals surface area contributed by atoms with Crippen molar-refractivity contribution in [2.75, 3.05) is 31.5 Å². The van der Waals surface area contributed by atoms with E-state index in [0.717, 1.165) is 11.3 Å². The molecule has 1 aliphatic heterocycles. The summed E-state index contributed by atoms with van der Waals surface area (Å²) in [5.74, 6) is 0.824. The third kappa shape index (κ3) is 4.26. The number of anilines is 1. The minimum Gasteiger partial charge on any atom is -0.459 e. The number of urea groups is 1. The predicted molar refractivity (Wildman–Crippen MR) is 107 cm³/mol. The molecule has 0 radical (unpaired) electrons. The van der Waals surface area contributed by atoms with Crippen molar-refractivity contribution in [2.24, 2.45) is 0 Å². The van der Waals surface area contributed by atoms with Gasteiger partial charge in [-0.1, -0.05) is 0 Å². The molecule has 0 bridgehead atoms. The second kappa shape index (κ2) is 8.14. The number of aryl methyl sites for hydroxylation is 1. The van der Waals surface area contributed by atoms with Gasteiger partial charge in [0.2, 0.25) is 0 Å². The molecule has 0 spiro atoms. The Hall–Kier alpha value is -3.68. The van der Waals surface area contributed by atoms with Crippen LogP contribution in [0.4, 0.5) is 10.5 Å². The zero-order chi connectivity index (χ0) is 20.2. The van der Waals surface area contributed by atoms with Gasteiger partial charge < -0.3 is 19.5 Å². The molecule has 2 aromatic heterocycles. The Morgan fingerprint density at radius 2 is 1.72 bits per heavy atom. The van der Waals surface area contributed by atoms with Crippen molar-refractivity contribution >= 4 is 17.6 Å². The summed E-state index contributed by atoms with van der Waals surface area (Å²) in [5, 5.41) is 2.90. The van der Waals surface area contributed by atoms with Crippen LogP contribution in [0, 0.1) is 6.92 Å². The average molecular weight is 391 g/mol. The van der Waals surface area contributed by atoms with E-state index in [1.165, 1.54) is 6.26 Å². The number of benzene rings is 1. The number of carbonyl (C=O) groups excluding carboxylic acids is 2. The molecule has 3 aromatic rings. The zero-order valence-corrected chi connectivity index (χ0v) is 16.0. The van der Waals surface area contributed by atoms with E-state index in [0.29, 0.717) is 43.5 Å². The molecule has 0 saturated carbocycles. The van der Waals surface area contributed by atoms with Gasteiger partial charge in [-0.15, -0.1) is 0 Å². The maximum Gasteiger partial charge on any atom is 0.321 e. The minimum atomic E-state index is -0.186. The molecule has 0 aliphatic carbocycles. The summed E-state index contributed by atoms with van der Waals surface area (Å²) in [6.45, 7) is 3.79.